The molecule has 1 N–H and O–H groups in total. The Labute approximate surface area is 181 Å². The van der Waals surface area contributed by atoms with E-state index in [4.69, 9.17) is 4.74 Å². The van der Waals surface area contributed by atoms with Gasteiger partial charge in [-0.3, -0.25) is 9.59 Å². The SMILES string of the molecule is CCN(C(=O)COC(=O)c1c(NC(=O)C(C)(C)C)sc(C)c1C)[C@H]1CCS(=O)(=O)C1. The number of hydrogen-bond donors (Lipinski definition) is 1. The van der Waals surface area contributed by atoms with E-state index in [9.17, 15) is 22.8 Å². The maximum atomic E-state index is 12.7. The van der Waals surface area contributed by atoms with Crippen molar-refractivity contribution >= 4 is 44.0 Å². The molecule has 1 aromatic rings. The normalized spacial score (nSPS) is 18.1. The van der Waals surface area contributed by atoms with E-state index in [2.05, 4.69) is 5.32 Å². The fraction of sp³-hybridized carbons (Fsp3) is 0.650. The summed E-state index contributed by atoms with van der Waals surface area (Å²) in [6, 6.07) is -0.391. The van der Waals surface area contributed by atoms with Gasteiger partial charge in [0.1, 0.15) is 5.00 Å². The molecule has 0 aromatic carbocycles. The Balaban J connectivity index is 2.10. The van der Waals surface area contributed by atoms with E-state index < -0.39 is 39.8 Å². The highest BCUT2D eigenvalue weighted by molar-refractivity contribution is 7.91. The van der Waals surface area contributed by atoms with Crippen molar-refractivity contribution in [2.75, 3.05) is 30.0 Å². The second-order valence-corrected chi connectivity index (χ2v) is 12.0. The van der Waals surface area contributed by atoms with Crippen LogP contribution in [0, 0.1) is 19.3 Å². The smallest absolute Gasteiger partial charge is 0.341 e. The Bertz CT molecular complexity index is 943. The lowest BCUT2D eigenvalue weighted by atomic mass is 9.96. The minimum absolute atomic E-state index is 0.0610. The fourth-order valence-electron chi connectivity index (χ4n) is 3.19. The van der Waals surface area contributed by atoms with Gasteiger partial charge in [0.15, 0.2) is 16.4 Å². The molecule has 0 bridgehead atoms. The summed E-state index contributed by atoms with van der Waals surface area (Å²) in [7, 11) is -3.13. The molecule has 0 unspecified atom stereocenters. The third kappa shape index (κ3) is 5.60. The Hall–Kier alpha value is -1.94. The van der Waals surface area contributed by atoms with E-state index in [0.717, 1.165) is 4.88 Å². The number of sulfone groups is 1. The van der Waals surface area contributed by atoms with Crippen LogP contribution in [0.5, 0.6) is 0 Å². The number of hydrogen-bond acceptors (Lipinski definition) is 7. The molecule has 1 aromatic heterocycles. The fourth-order valence-corrected chi connectivity index (χ4v) is 5.97. The molecule has 2 rings (SSSR count). The summed E-state index contributed by atoms with van der Waals surface area (Å²) in [6.07, 6.45) is 0.391. The summed E-state index contributed by atoms with van der Waals surface area (Å²) in [5, 5.41) is 3.18. The number of likely N-dealkylation sites (N-methyl/N-ethyl adjacent to an activating group) is 1. The van der Waals surface area contributed by atoms with Crippen molar-refractivity contribution in [1.29, 1.82) is 0 Å². The molecule has 0 saturated carbocycles. The van der Waals surface area contributed by atoms with Crippen LogP contribution >= 0.6 is 11.3 Å². The highest BCUT2D eigenvalue weighted by Crippen LogP contribution is 2.34. The summed E-state index contributed by atoms with van der Waals surface area (Å²) >= 11 is 1.28. The Morgan fingerprint density at radius 1 is 1.23 bits per heavy atom. The van der Waals surface area contributed by atoms with Crippen molar-refractivity contribution in [3.05, 3.63) is 16.0 Å². The first-order chi connectivity index (χ1) is 13.8. The molecular formula is C20H30N2O6S2. The average molecular weight is 459 g/mol. The molecule has 0 spiro atoms. The van der Waals surface area contributed by atoms with Crippen molar-refractivity contribution in [2.45, 2.75) is 54.0 Å². The van der Waals surface area contributed by atoms with Gasteiger partial charge in [-0.15, -0.1) is 11.3 Å². The number of nitrogens with one attached hydrogen (secondary N) is 1. The van der Waals surface area contributed by atoms with E-state index in [1.165, 1.54) is 16.2 Å². The van der Waals surface area contributed by atoms with Crippen LogP contribution in [-0.2, 0) is 24.2 Å². The number of ether oxygens (including phenoxy) is 1. The summed E-state index contributed by atoms with van der Waals surface area (Å²) in [5.74, 6) is -1.35. The topological polar surface area (TPSA) is 110 Å². The second kappa shape index (κ2) is 9.05. The Morgan fingerprint density at radius 3 is 2.37 bits per heavy atom. The molecule has 1 aliphatic rings. The van der Waals surface area contributed by atoms with Gasteiger partial charge >= 0.3 is 5.97 Å². The molecule has 2 amide bonds. The number of aryl methyl sites for hydroxylation is 1. The van der Waals surface area contributed by atoms with Crippen LogP contribution in [0.15, 0.2) is 0 Å². The van der Waals surface area contributed by atoms with Gasteiger partial charge in [-0.25, -0.2) is 13.2 Å². The quantitative estimate of drug-likeness (QED) is 0.656. The van der Waals surface area contributed by atoms with Gasteiger partial charge in [-0.1, -0.05) is 20.8 Å². The summed E-state index contributed by atoms with van der Waals surface area (Å²) in [6.45, 7) is 10.5. The van der Waals surface area contributed by atoms with Gasteiger partial charge in [-0.2, -0.15) is 0 Å². The Kier molecular flexibility index (Phi) is 7.34. The first-order valence-corrected chi connectivity index (χ1v) is 12.5. The van der Waals surface area contributed by atoms with Crippen LogP contribution in [0.25, 0.3) is 0 Å². The standard InChI is InChI=1S/C20H30N2O6S2/c1-7-22(14-8-9-30(26,27)11-14)15(23)10-28-18(24)16-12(2)13(3)29-17(16)21-19(25)20(4,5)6/h14H,7-11H2,1-6H3,(H,21,25)/t14-/m0/s1. The zero-order valence-corrected chi connectivity index (χ0v) is 20.0. The molecule has 168 valence electrons. The summed E-state index contributed by atoms with van der Waals surface area (Å²) in [4.78, 5) is 40.0. The predicted octanol–water partition coefficient (Wildman–Crippen LogP) is 2.54. The van der Waals surface area contributed by atoms with E-state index >= 15 is 0 Å². The zero-order chi connectivity index (χ0) is 22.9. The zero-order valence-electron chi connectivity index (χ0n) is 18.3. The van der Waals surface area contributed by atoms with Crippen LogP contribution in [0.2, 0.25) is 0 Å². The van der Waals surface area contributed by atoms with E-state index in [1.807, 2.05) is 6.92 Å². The minimum atomic E-state index is -3.13. The third-order valence-electron chi connectivity index (χ3n) is 5.13. The number of thiophene rings is 1. The van der Waals surface area contributed by atoms with Crippen LogP contribution in [0.4, 0.5) is 5.00 Å². The molecule has 1 aliphatic heterocycles. The number of carbonyl (C=O) groups is 3. The van der Waals surface area contributed by atoms with Crippen LogP contribution < -0.4 is 5.32 Å². The highest BCUT2D eigenvalue weighted by Gasteiger charge is 2.34. The summed E-state index contributed by atoms with van der Waals surface area (Å²) in [5.41, 5.74) is 0.303. The third-order valence-corrected chi connectivity index (χ3v) is 8.01. The van der Waals surface area contributed by atoms with Gasteiger partial charge in [0.25, 0.3) is 5.91 Å². The van der Waals surface area contributed by atoms with Crippen molar-refractivity contribution in [2.24, 2.45) is 5.41 Å². The van der Waals surface area contributed by atoms with Gasteiger partial charge in [0.2, 0.25) is 5.91 Å². The Morgan fingerprint density at radius 2 is 1.87 bits per heavy atom. The number of rotatable bonds is 6. The number of carbonyl (C=O) groups excluding carboxylic acids is 3. The summed E-state index contributed by atoms with van der Waals surface area (Å²) < 4.78 is 28.7. The molecule has 10 heteroatoms. The van der Waals surface area contributed by atoms with Crippen LogP contribution in [0.3, 0.4) is 0 Å². The molecular weight excluding hydrogens is 428 g/mol. The number of amides is 2. The second-order valence-electron chi connectivity index (χ2n) is 8.50. The highest BCUT2D eigenvalue weighted by atomic mass is 32.2. The van der Waals surface area contributed by atoms with Gasteiger partial charge in [-0.05, 0) is 32.8 Å². The average Bonchev–Trinajstić information content (AvgIpc) is 3.11. The maximum Gasteiger partial charge on any atom is 0.341 e. The lowest BCUT2D eigenvalue weighted by Gasteiger charge is -2.26. The number of anilines is 1. The molecule has 30 heavy (non-hydrogen) atoms. The monoisotopic (exact) mass is 458 g/mol. The number of esters is 1. The van der Waals surface area contributed by atoms with Gasteiger partial charge in [0, 0.05) is 22.9 Å². The van der Waals surface area contributed by atoms with Crippen LogP contribution in [-0.4, -0.2) is 61.8 Å². The van der Waals surface area contributed by atoms with Crippen molar-refractivity contribution in [3.8, 4) is 0 Å². The van der Waals surface area contributed by atoms with Crippen molar-refractivity contribution in [3.63, 3.8) is 0 Å². The lowest BCUT2D eigenvalue weighted by Crippen LogP contribution is -2.43. The van der Waals surface area contributed by atoms with Gasteiger partial charge < -0.3 is 15.0 Å². The molecule has 1 fully saturated rings. The van der Waals surface area contributed by atoms with E-state index in [0.29, 0.717) is 23.5 Å². The first kappa shape index (κ1) is 24.3. The van der Waals surface area contributed by atoms with Crippen molar-refractivity contribution in [1.82, 2.24) is 4.90 Å². The molecule has 1 atom stereocenters. The lowest BCUT2D eigenvalue weighted by molar-refractivity contribution is -0.136. The maximum absolute atomic E-state index is 12.7. The predicted molar refractivity (Wildman–Crippen MR) is 117 cm³/mol. The largest absolute Gasteiger partial charge is 0.452 e. The molecule has 2 heterocycles. The van der Waals surface area contributed by atoms with E-state index in [-0.39, 0.29) is 23.0 Å². The molecule has 0 radical (unpaired) electrons. The molecule has 8 nitrogen and oxygen atoms in total. The first-order valence-electron chi connectivity index (χ1n) is 9.85. The van der Waals surface area contributed by atoms with Gasteiger partial charge in [0.05, 0.1) is 17.1 Å². The van der Waals surface area contributed by atoms with E-state index in [1.54, 1.807) is 34.6 Å². The molecule has 1 saturated heterocycles. The molecule has 0 aliphatic carbocycles. The number of nitrogens with zero attached hydrogens (tertiary/aromatic N) is 1. The minimum Gasteiger partial charge on any atom is -0.452 e. The van der Waals surface area contributed by atoms with Crippen LogP contribution in [0.1, 0.15) is 54.9 Å². The van der Waals surface area contributed by atoms with Crippen molar-refractivity contribution < 1.29 is 27.5 Å².